The maximum atomic E-state index is 13.5. The smallest absolute Gasteiger partial charge is 0.244 e. The molecule has 0 saturated heterocycles. The molecule has 2 heterocycles. The lowest BCUT2D eigenvalue weighted by Crippen LogP contribution is -2.40. The van der Waals surface area contributed by atoms with Crippen LogP contribution in [-0.4, -0.2) is 24.3 Å². The first kappa shape index (κ1) is 18.4. The lowest BCUT2D eigenvalue weighted by molar-refractivity contribution is 0.340. The summed E-state index contributed by atoms with van der Waals surface area (Å²) in [5.41, 5.74) is 4.02. The van der Waals surface area contributed by atoms with Gasteiger partial charge in [0.05, 0.1) is 10.9 Å². The van der Waals surface area contributed by atoms with Gasteiger partial charge in [-0.25, -0.2) is 8.42 Å². The first-order valence-electron chi connectivity index (χ1n) is 9.47. The summed E-state index contributed by atoms with van der Waals surface area (Å²) in [6, 6.07) is 23.7. The molecule has 1 unspecified atom stereocenters. The van der Waals surface area contributed by atoms with E-state index in [2.05, 4.69) is 11.1 Å². The molecule has 5 rings (SSSR count). The number of hydrogen-bond donors (Lipinski definition) is 1. The van der Waals surface area contributed by atoms with Gasteiger partial charge in [0, 0.05) is 28.2 Å². The van der Waals surface area contributed by atoms with E-state index in [1.165, 1.54) is 5.56 Å². The first-order valence-corrected chi connectivity index (χ1v) is 11.3. The Bertz CT molecular complexity index is 1280. The first-order chi connectivity index (χ1) is 14.1. The molecule has 1 aliphatic rings. The number of sulfonamides is 1. The van der Waals surface area contributed by atoms with Crippen LogP contribution in [0.15, 0.2) is 83.8 Å². The SMILES string of the molecule is O=S(=O)(c1ccccc1)N1CCc2c([nH]c3ccccc23)C1c1ccc(Cl)cc1. The van der Waals surface area contributed by atoms with Gasteiger partial charge in [0.25, 0.3) is 0 Å². The summed E-state index contributed by atoms with van der Waals surface area (Å²) >= 11 is 6.10. The second-order valence-corrected chi connectivity index (χ2v) is 9.52. The maximum absolute atomic E-state index is 13.5. The fourth-order valence-electron chi connectivity index (χ4n) is 4.18. The zero-order chi connectivity index (χ0) is 20.0. The van der Waals surface area contributed by atoms with Crippen molar-refractivity contribution >= 4 is 32.5 Å². The van der Waals surface area contributed by atoms with Crippen molar-refractivity contribution in [3.8, 4) is 0 Å². The van der Waals surface area contributed by atoms with Gasteiger partial charge in [-0.3, -0.25) is 0 Å². The van der Waals surface area contributed by atoms with Gasteiger partial charge in [0.1, 0.15) is 0 Å². The van der Waals surface area contributed by atoms with E-state index in [1.54, 1.807) is 40.7 Å². The Morgan fingerprint density at radius 2 is 1.59 bits per heavy atom. The van der Waals surface area contributed by atoms with Gasteiger partial charge in [-0.15, -0.1) is 0 Å². The fourth-order valence-corrected chi connectivity index (χ4v) is 5.92. The van der Waals surface area contributed by atoms with E-state index in [1.807, 2.05) is 36.4 Å². The van der Waals surface area contributed by atoms with Crippen LogP contribution in [0.4, 0.5) is 0 Å². The third-order valence-corrected chi connectivity index (χ3v) is 7.66. The molecule has 0 radical (unpaired) electrons. The average Bonchev–Trinajstić information content (AvgIpc) is 3.13. The van der Waals surface area contributed by atoms with Crippen LogP contribution in [0.5, 0.6) is 0 Å². The van der Waals surface area contributed by atoms with Crippen molar-refractivity contribution in [2.75, 3.05) is 6.54 Å². The number of rotatable bonds is 3. The van der Waals surface area contributed by atoms with Crippen LogP contribution in [0.1, 0.15) is 22.9 Å². The zero-order valence-corrected chi connectivity index (χ0v) is 17.1. The largest absolute Gasteiger partial charge is 0.357 e. The Labute approximate surface area is 174 Å². The molecule has 1 atom stereocenters. The molecule has 1 aromatic heterocycles. The highest BCUT2D eigenvalue weighted by Crippen LogP contribution is 2.41. The van der Waals surface area contributed by atoms with Gasteiger partial charge in [0.2, 0.25) is 10.0 Å². The number of hydrogen-bond acceptors (Lipinski definition) is 2. The summed E-state index contributed by atoms with van der Waals surface area (Å²) in [6.07, 6.45) is 0.662. The van der Waals surface area contributed by atoms with Crippen molar-refractivity contribution in [2.45, 2.75) is 17.4 Å². The van der Waals surface area contributed by atoms with E-state index in [9.17, 15) is 8.42 Å². The van der Waals surface area contributed by atoms with Crippen LogP contribution in [0, 0.1) is 0 Å². The van der Waals surface area contributed by atoms with E-state index in [4.69, 9.17) is 11.6 Å². The highest BCUT2D eigenvalue weighted by molar-refractivity contribution is 7.89. The van der Waals surface area contributed by atoms with Crippen molar-refractivity contribution in [3.63, 3.8) is 0 Å². The van der Waals surface area contributed by atoms with Gasteiger partial charge in [-0.1, -0.05) is 60.1 Å². The molecule has 0 spiro atoms. The topological polar surface area (TPSA) is 53.2 Å². The molecule has 6 heteroatoms. The summed E-state index contributed by atoms with van der Waals surface area (Å²) in [4.78, 5) is 3.80. The summed E-state index contributed by atoms with van der Waals surface area (Å²) in [7, 11) is -3.67. The molecule has 0 bridgehead atoms. The number of para-hydroxylation sites is 1. The predicted molar refractivity (Wildman–Crippen MR) is 116 cm³/mol. The molecule has 4 aromatic rings. The second-order valence-electron chi connectivity index (χ2n) is 7.20. The molecular formula is C23H19ClN2O2S. The van der Waals surface area contributed by atoms with Crippen LogP contribution in [0.2, 0.25) is 5.02 Å². The van der Waals surface area contributed by atoms with E-state index >= 15 is 0 Å². The van der Waals surface area contributed by atoms with Gasteiger partial charge < -0.3 is 4.98 Å². The van der Waals surface area contributed by atoms with Crippen LogP contribution in [-0.2, 0) is 16.4 Å². The molecule has 3 aromatic carbocycles. The van der Waals surface area contributed by atoms with E-state index < -0.39 is 16.1 Å². The molecule has 29 heavy (non-hydrogen) atoms. The number of H-pyrrole nitrogens is 1. The lowest BCUT2D eigenvalue weighted by atomic mass is 9.94. The van der Waals surface area contributed by atoms with Crippen LogP contribution in [0.3, 0.4) is 0 Å². The molecule has 146 valence electrons. The predicted octanol–water partition coefficient (Wildman–Crippen LogP) is 5.16. The third kappa shape index (κ3) is 3.06. The number of fused-ring (bicyclic) bond motifs is 3. The Hall–Kier alpha value is -2.60. The Kier molecular flexibility index (Phi) is 4.46. The van der Waals surface area contributed by atoms with E-state index in [-0.39, 0.29) is 0 Å². The zero-order valence-electron chi connectivity index (χ0n) is 15.5. The van der Waals surface area contributed by atoms with Crippen LogP contribution < -0.4 is 0 Å². The van der Waals surface area contributed by atoms with Crippen molar-refractivity contribution in [2.24, 2.45) is 0 Å². The molecular weight excluding hydrogens is 404 g/mol. The number of aromatic nitrogens is 1. The highest BCUT2D eigenvalue weighted by atomic mass is 35.5. The molecule has 0 aliphatic carbocycles. The molecule has 0 saturated carbocycles. The number of aromatic amines is 1. The standard InChI is InChI=1S/C23H19ClN2O2S/c24-17-12-10-16(11-13-17)23-22-20(19-8-4-5-9-21(19)25-22)14-15-26(23)29(27,28)18-6-2-1-3-7-18/h1-13,23,25H,14-15H2. The van der Waals surface area contributed by atoms with Gasteiger partial charge >= 0.3 is 0 Å². The van der Waals surface area contributed by atoms with Crippen molar-refractivity contribution in [1.82, 2.24) is 9.29 Å². The lowest BCUT2D eigenvalue weighted by Gasteiger charge is -2.35. The normalized spacial score (nSPS) is 17.3. The summed E-state index contributed by atoms with van der Waals surface area (Å²) in [5, 5.41) is 1.78. The summed E-state index contributed by atoms with van der Waals surface area (Å²) in [6.45, 7) is 0.416. The molecule has 4 nitrogen and oxygen atoms in total. The molecule has 0 amide bonds. The summed E-state index contributed by atoms with van der Waals surface area (Å²) < 4.78 is 28.7. The van der Waals surface area contributed by atoms with Gasteiger partial charge in [-0.05, 0) is 47.9 Å². The number of nitrogens with zero attached hydrogens (tertiary/aromatic N) is 1. The number of nitrogens with one attached hydrogen (secondary N) is 1. The van der Waals surface area contributed by atoms with Gasteiger partial charge in [0.15, 0.2) is 0 Å². The van der Waals surface area contributed by atoms with Crippen molar-refractivity contribution in [1.29, 1.82) is 0 Å². The minimum Gasteiger partial charge on any atom is -0.357 e. The minimum absolute atomic E-state index is 0.304. The van der Waals surface area contributed by atoms with Crippen molar-refractivity contribution < 1.29 is 8.42 Å². The third-order valence-electron chi connectivity index (χ3n) is 5.53. The van der Waals surface area contributed by atoms with Crippen LogP contribution >= 0.6 is 11.6 Å². The van der Waals surface area contributed by atoms with Crippen LogP contribution in [0.25, 0.3) is 10.9 Å². The molecule has 1 N–H and O–H groups in total. The average molecular weight is 423 g/mol. The van der Waals surface area contributed by atoms with Gasteiger partial charge in [-0.2, -0.15) is 4.31 Å². The second kappa shape index (κ2) is 7.02. The van der Waals surface area contributed by atoms with E-state index in [0.717, 1.165) is 22.2 Å². The quantitative estimate of drug-likeness (QED) is 0.496. The highest BCUT2D eigenvalue weighted by Gasteiger charge is 2.39. The molecule has 1 aliphatic heterocycles. The Balaban J connectivity index is 1.72. The van der Waals surface area contributed by atoms with Crippen molar-refractivity contribution in [3.05, 3.63) is 101 Å². The number of halogens is 1. The summed E-state index contributed by atoms with van der Waals surface area (Å²) in [5.74, 6) is 0. The Morgan fingerprint density at radius 3 is 2.34 bits per heavy atom. The Morgan fingerprint density at radius 1 is 0.897 bits per heavy atom. The van der Waals surface area contributed by atoms with E-state index in [0.29, 0.717) is 22.9 Å². The monoisotopic (exact) mass is 422 g/mol. The maximum Gasteiger partial charge on any atom is 0.244 e. The minimum atomic E-state index is -3.67. The molecule has 0 fully saturated rings. The number of benzene rings is 3. The fraction of sp³-hybridized carbons (Fsp3) is 0.130.